The molecule has 0 aliphatic rings. The molecule has 0 aliphatic heterocycles. The Morgan fingerprint density at radius 2 is 1.50 bits per heavy atom. The van der Waals surface area contributed by atoms with Gasteiger partial charge in [0.25, 0.3) is 0 Å². The van der Waals surface area contributed by atoms with Crippen molar-refractivity contribution in [2.45, 2.75) is 43.6 Å². The van der Waals surface area contributed by atoms with Crippen LogP contribution in [0, 0.1) is 0 Å². The largest absolute Gasteiger partial charge is 0.459 e. The predicted octanol–water partition coefficient (Wildman–Crippen LogP) is 3.40. The van der Waals surface area contributed by atoms with E-state index in [1.54, 1.807) is 13.8 Å². The second-order valence-electron chi connectivity index (χ2n) is 2.58. The van der Waals surface area contributed by atoms with Crippen molar-refractivity contribution >= 4 is 12.1 Å². The number of esters is 1. The van der Waals surface area contributed by atoms with Gasteiger partial charge in [0.1, 0.15) is 13.2 Å². The highest BCUT2D eigenvalue weighted by molar-refractivity contribution is 5.86. The lowest BCUT2D eigenvalue weighted by atomic mass is 10.4. The smallest absolute Gasteiger partial charge is 0.407 e. The lowest BCUT2D eigenvalue weighted by Crippen LogP contribution is -2.25. The van der Waals surface area contributed by atoms with Crippen LogP contribution in [-0.2, 0) is 14.3 Å². The van der Waals surface area contributed by atoms with Gasteiger partial charge in [-0.2, -0.15) is 0 Å². The number of carbonyl (C=O) groups is 2. The van der Waals surface area contributed by atoms with E-state index in [9.17, 15) is 9.59 Å². The molecule has 0 saturated heterocycles. The third-order valence-corrected chi connectivity index (χ3v) is 1.22. The Bertz CT molecular complexity index is 227. The van der Waals surface area contributed by atoms with E-state index in [4.69, 9.17) is 0 Å². The Hall–Kier alpha value is -1.52. The lowest BCUT2D eigenvalue weighted by molar-refractivity contribution is -0.139. The maximum Gasteiger partial charge on any atom is 0.407 e. The second-order valence-corrected chi connectivity index (χ2v) is 2.58. The molecule has 0 spiro atoms. The molecule has 0 aliphatic carbocycles. The molecule has 1 N–H and O–H groups in total. The average Bonchev–Trinajstić information content (AvgIpc) is 2.12. The Labute approximate surface area is 113 Å². The summed E-state index contributed by atoms with van der Waals surface area (Å²) in [5, 5.41) is 2.44. The SMILES string of the molecule is C.C.C.C.C=C(C)C(=O)OCCOC(=O)NCC. The Morgan fingerprint density at radius 1 is 1.06 bits per heavy atom. The first-order valence-corrected chi connectivity index (χ1v) is 4.31. The van der Waals surface area contributed by atoms with Crippen molar-refractivity contribution < 1.29 is 19.1 Å². The Balaban J connectivity index is -0.000000141. The number of amides is 1. The molecule has 0 aromatic rings. The van der Waals surface area contributed by atoms with Crippen molar-refractivity contribution in [3.05, 3.63) is 12.2 Å². The minimum Gasteiger partial charge on any atom is -0.459 e. The summed E-state index contributed by atoms with van der Waals surface area (Å²) in [4.78, 5) is 21.6. The fourth-order valence-corrected chi connectivity index (χ4v) is 0.587. The summed E-state index contributed by atoms with van der Waals surface area (Å²) < 4.78 is 9.34. The van der Waals surface area contributed by atoms with Crippen LogP contribution in [0.3, 0.4) is 0 Å². The molecule has 18 heavy (non-hydrogen) atoms. The number of alkyl carbamates (subject to hydrolysis) is 1. The molecule has 1 amide bonds. The molecule has 0 rings (SSSR count). The topological polar surface area (TPSA) is 64.6 Å². The zero-order chi connectivity index (χ0) is 11.0. The number of hydrogen-bond donors (Lipinski definition) is 1. The molecule has 5 nitrogen and oxygen atoms in total. The molecular formula is C13H31NO4. The zero-order valence-corrected chi connectivity index (χ0v) is 8.46. The minimum absolute atomic E-state index is 0. The monoisotopic (exact) mass is 265 g/mol. The van der Waals surface area contributed by atoms with Crippen molar-refractivity contribution in [3.63, 3.8) is 0 Å². The molecule has 0 saturated carbocycles. The van der Waals surface area contributed by atoms with E-state index in [0.29, 0.717) is 12.1 Å². The van der Waals surface area contributed by atoms with Gasteiger partial charge in [0.2, 0.25) is 0 Å². The van der Waals surface area contributed by atoms with Crippen molar-refractivity contribution in [2.75, 3.05) is 19.8 Å². The number of nitrogens with one attached hydrogen (secondary N) is 1. The summed E-state index contributed by atoms with van der Waals surface area (Å²) in [5.74, 6) is -0.482. The molecule has 5 heteroatoms. The van der Waals surface area contributed by atoms with Crippen LogP contribution < -0.4 is 5.32 Å². The maximum absolute atomic E-state index is 10.8. The van der Waals surface area contributed by atoms with Crippen molar-refractivity contribution in [1.82, 2.24) is 5.32 Å². The van der Waals surface area contributed by atoms with Gasteiger partial charge in [-0.15, -0.1) is 0 Å². The third kappa shape index (κ3) is 16.9. The summed E-state index contributed by atoms with van der Waals surface area (Å²) in [6.07, 6.45) is -0.515. The van der Waals surface area contributed by atoms with Gasteiger partial charge in [0, 0.05) is 12.1 Å². The fraction of sp³-hybridized carbons (Fsp3) is 0.692. The van der Waals surface area contributed by atoms with Gasteiger partial charge in [0.15, 0.2) is 0 Å². The first-order valence-electron chi connectivity index (χ1n) is 4.31. The normalized spacial score (nSPS) is 7.00. The van der Waals surface area contributed by atoms with Crippen LogP contribution in [0.1, 0.15) is 43.6 Å². The standard InChI is InChI=1S/C9H15NO4.4CH4/c1-4-10-9(12)14-6-5-13-8(11)7(2)3;;;;/h2,4-6H2,1,3H3,(H,10,12);4*1H4. The minimum atomic E-state index is -0.515. The van der Waals surface area contributed by atoms with Gasteiger partial charge in [-0.1, -0.05) is 36.3 Å². The van der Waals surface area contributed by atoms with Gasteiger partial charge < -0.3 is 14.8 Å². The van der Waals surface area contributed by atoms with Gasteiger partial charge in [-0.05, 0) is 13.8 Å². The summed E-state index contributed by atoms with van der Waals surface area (Å²) in [6.45, 7) is 7.33. The van der Waals surface area contributed by atoms with Gasteiger partial charge in [-0.25, -0.2) is 9.59 Å². The highest BCUT2D eigenvalue weighted by Crippen LogP contribution is 1.91. The van der Waals surface area contributed by atoms with Crippen molar-refractivity contribution in [1.29, 1.82) is 0 Å². The number of ether oxygens (including phenoxy) is 2. The van der Waals surface area contributed by atoms with E-state index in [-0.39, 0.29) is 42.9 Å². The molecule has 0 radical (unpaired) electrons. The molecule has 0 aromatic heterocycles. The second kappa shape index (κ2) is 17.9. The van der Waals surface area contributed by atoms with E-state index in [1.165, 1.54) is 0 Å². The summed E-state index contributed by atoms with van der Waals surface area (Å²) >= 11 is 0. The van der Waals surface area contributed by atoms with E-state index >= 15 is 0 Å². The van der Waals surface area contributed by atoms with E-state index in [0.717, 1.165) is 0 Å². The highest BCUT2D eigenvalue weighted by Gasteiger charge is 2.03. The number of carbonyl (C=O) groups excluding carboxylic acids is 2. The van der Waals surface area contributed by atoms with Crippen molar-refractivity contribution in [2.24, 2.45) is 0 Å². The van der Waals surface area contributed by atoms with Crippen LogP contribution in [0.2, 0.25) is 0 Å². The molecule has 112 valence electrons. The average molecular weight is 265 g/mol. The summed E-state index contributed by atoms with van der Waals surface area (Å²) in [5.41, 5.74) is 0.322. The van der Waals surface area contributed by atoms with Crippen LogP contribution in [0.4, 0.5) is 4.79 Å². The molecule has 0 atom stereocenters. The predicted molar refractivity (Wildman–Crippen MR) is 77.7 cm³/mol. The first kappa shape index (κ1) is 30.0. The van der Waals surface area contributed by atoms with Crippen LogP contribution in [0.25, 0.3) is 0 Å². The van der Waals surface area contributed by atoms with Crippen LogP contribution in [-0.4, -0.2) is 31.8 Å². The maximum atomic E-state index is 10.8. The van der Waals surface area contributed by atoms with Crippen LogP contribution >= 0.6 is 0 Å². The summed E-state index contributed by atoms with van der Waals surface area (Å²) in [7, 11) is 0. The molecule has 0 fully saturated rings. The Kier molecular flexibility index (Phi) is 29.7. The third-order valence-electron chi connectivity index (χ3n) is 1.22. The number of hydrogen-bond acceptors (Lipinski definition) is 4. The molecule has 0 aromatic carbocycles. The zero-order valence-electron chi connectivity index (χ0n) is 8.46. The van der Waals surface area contributed by atoms with E-state index < -0.39 is 12.1 Å². The quantitative estimate of drug-likeness (QED) is 0.470. The fourth-order valence-electron chi connectivity index (χ4n) is 0.587. The Morgan fingerprint density at radius 3 is 1.89 bits per heavy atom. The van der Waals surface area contributed by atoms with E-state index in [2.05, 4.69) is 21.4 Å². The molecule has 0 heterocycles. The van der Waals surface area contributed by atoms with Crippen LogP contribution in [0.5, 0.6) is 0 Å². The molecule has 0 unspecified atom stereocenters. The lowest BCUT2D eigenvalue weighted by Gasteiger charge is -2.05. The highest BCUT2D eigenvalue weighted by atomic mass is 16.6. The van der Waals surface area contributed by atoms with E-state index in [1.807, 2.05) is 0 Å². The van der Waals surface area contributed by atoms with Crippen LogP contribution in [0.15, 0.2) is 12.2 Å². The number of rotatable bonds is 5. The summed E-state index contributed by atoms with van der Waals surface area (Å²) in [6, 6.07) is 0. The van der Waals surface area contributed by atoms with Gasteiger partial charge in [0.05, 0.1) is 0 Å². The van der Waals surface area contributed by atoms with Crippen molar-refractivity contribution in [3.8, 4) is 0 Å². The molecular weight excluding hydrogens is 234 g/mol. The van der Waals surface area contributed by atoms with Gasteiger partial charge >= 0.3 is 12.1 Å². The van der Waals surface area contributed by atoms with Gasteiger partial charge in [-0.3, -0.25) is 0 Å². The first-order chi connectivity index (χ1) is 6.57. The molecule has 0 bridgehead atoms.